The second-order valence-electron chi connectivity index (χ2n) is 4.77. The molecule has 3 heteroatoms. The summed E-state index contributed by atoms with van der Waals surface area (Å²) in [6, 6.07) is 22.2. The molecule has 1 heterocycles. The van der Waals surface area contributed by atoms with E-state index in [1.54, 1.807) is 18.3 Å². The van der Waals surface area contributed by atoms with Crippen LogP contribution in [0.5, 0.6) is 0 Å². The molecular weight excluding hydrogens is 282 g/mol. The molecule has 2 nitrogen and oxygen atoms in total. The predicted molar refractivity (Wildman–Crippen MR) is 84.2 cm³/mol. The van der Waals surface area contributed by atoms with Crippen LogP contribution in [0.1, 0.15) is 16.8 Å². The summed E-state index contributed by atoms with van der Waals surface area (Å²) >= 11 is 6.32. The van der Waals surface area contributed by atoms with Crippen molar-refractivity contribution in [1.29, 1.82) is 0 Å². The highest BCUT2D eigenvalue weighted by Crippen LogP contribution is 2.38. The second kappa shape index (κ2) is 5.68. The van der Waals surface area contributed by atoms with Crippen LogP contribution in [0.15, 0.2) is 79.0 Å². The molecule has 0 bridgehead atoms. The van der Waals surface area contributed by atoms with Gasteiger partial charge in [-0.3, -0.25) is 4.98 Å². The Bertz CT molecular complexity index is 689. The number of rotatable bonds is 3. The minimum atomic E-state index is -1.37. The van der Waals surface area contributed by atoms with Gasteiger partial charge in [0.1, 0.15) is 0 Å². The Morgan fingerprint density at radius 1 is 0.810 bits per heavy atom. The van der Waals surface area contributed by atoms with Crippen LogP contribution in [0.2, 0.25) is 5.02 Å². The lowest BCUT2D eigenvalue weighted by molar-refractivity contribution is 0.121. The van der Waals surface area contributed by atoms with Gasteiger partial charge in [-0.05, 0) is 23.8 Å². The maximum Gasteiger partial charge on any atom is 0.158 e. The summed E-state index contributed by atoms with van der Waals surface area (Å²) in [7, 11) is 0. The summed E-state index contributed by atoms with van der Waals surface area (Å²) in [5, 5.41) is 12.0. The molecule has 0 aliphatic rings. The maximum atomic E-state index is 11.5. The van der Waals surface area contributed by atoms with Crippen LogP contribution in [-0.4, -0.2) is 10.1 Å². The van der Waals surface area contributed by atoms with Crippen molar-refractivity contribution in [2.75, 3.05) is 0 Å². The maximum absolute atomic E-state index is 11.5. The highest BCUT2D eigenvalue weighted by Gasteiger charge is 2.36. The largest absolute Gasteiger partial charge is 0.374 e. The second-order valence-corrected chi connectivity index (χ2v) is 5.18. The Morgan fingerprint density at radius 2 is 1.48 bits per heavy atom. The first-order chi connectivity index (χ1) is 10.2. The van der Waals surface area contributed by atoms with Gasteiger partial charge in [-0.25, -0.2) is 0 Å². The average Bonchev–Trinajstić information content (AvgIpc) is 2.56. The lowest BCUT2D eigenvalue weighted by Gasteiger charge is -2.29. The van der Waals surface area contributed by atoms with Gasteiger partial charge in [-0.2, -0.15) is 0 Å². The van der Waals surface area contributed by atoms with Crippen molar-refractivity contribution in [3.63, 3.8) is 0 Å². The van der Waals surface area contributed by atoms with Crippen molar-refractivity contribution in [1.82, 2.24) is 4.98 Å². The Labute approximate surface area is 128 Å². The smallest absolute Gasteiger partial charge is 0.158 e. The van der Waals surface area contributed by atoms with E-state index in [1.165, 1.54) is 0 Å². The Hall–Kier alpha value is -2.16. The van der Waals surface area contributed by atoms with E-state index in [0.717, 1.165) is 5.56 Å². The molecule has 1 N–H and O–H groups in total. The number of aromatic nitrogens is 1. The minimum Gasteiger partial charge on any atom is -0.374 e. The van der Waals surface area contributed by atoms with Gasteiger partial charge in [0, 0.05) is 16.8 Å². The van der Waals surface area contributed by atoms with Gasteiger partial charge < -0.3 is 5.11 Å². The van der Waals surface area contributed by atoms with E-state index in [2.05, 4.69) is 4.98 Å². The van der Waals surface area contributed by atoms with Crippen molar-refractivity contribution in [2.24, 2.45) is 0 Å². The molecule has 0 fully saturated rings. The van der Waals surface area contributed by atoms with E-state index in [4.69, 9.17) is 11.6 Å². The molecule has 0 spiro atoms. The lowest BCUT2D eigenvalue weighted by atomic mass is 9.83. The molecule has 1 atom stereocenters. The molecule has 0 amide bonds. The highest BCUT2D eigenvalue weighted by atomic mass is 35.5. The number of hydrogen-bond donors (Lipinski definition) is 1. The Balaban J connectivity index is 2.29. The Kier molecular flexibility index (Phi) is 3.74. The van der Waals surface area contributed by atoms with Gasteiger partial charge >= 0.3 is 0 Å². The first-order valence-corrected chi connectivity index (χ1v) is 7.05. The third-order valence-corrected chi connectivity index (χ3v) is 3.82. The molecule has 104 valence electrons. The fourth-order valence-electron chi connectivity index (χ4n) is 2.45. The third kappa shape index (κ3) is 2.44. The van der Waals surface area contributed by atoms with Crippen molar-refractivity contribution >= 4 is 11.6 Å². The van der Waals surface area contributed by atoms with Crippen molar-refractivity contribution < 1.29 is 5.11 Å². The van der Waals surface area contributed by atoms with Crippen LogP contribution in [0, 0.1) is 0 Å². The topological polar surface area (TPSA) is 33.1 Å². The number of hydrogen-bond acceptors (Lipinski definition) is 2. The van der Waals surface area contributed by atoms with Crippen molar-refractivity contribution in [3.8, 4) is 0 Å². The van der Waals surface area contributed by atoms with Gasteiger partial charge in [-0.15, -0.1) is 0 Å². The van der Waals surface area contributed by atoms with Gasteiger partial charge in [0.2, 0.25) is 0 Å². The molecule has 0 aliphatic carbocycles. The molecule has 1 aromatic heterocycles. The molecular formula is C18H14ClNO. The zero-order valence-electron chi connectivity index (χ0n) is 11.3. The zero-order chi connectivity index (χ0) is 14.7. The van der Waals surface area contributed by atoms with Crippen molar-refractivity contribution in [3.05, 3.63) is 101 Å². The molecule has 1 unspecified atom stereocenters. The number of benzene rings is 2. The molecule has 3 aromatic rings. The van der Waals surface area contributed by atoms with Crippen LogP contribution in [0.3, 0.4) is 0 Å². The van der Waals surface area contributed by atoms with Crippen molar-refractivity contribution in [2.45, 2.75) is 5.60 Å². The first kappa shape index (κ1) is 13.8. The van der Waals surface area contributed by atoms with E-state index < -0.39 is 5.60 Å². The van der Waals surface area contributed by atoms with Crippen LogP contribution in [0.25, 0.3) is 0 Å². The fraction of sp³-hybridized carbons (Fsp3) is 0.0556. The highest BCUT2D eigenvalue weighted by molar-refractivity contribution is 6.31. The normalized spacial score (nSPS) is 13.6. The molecule has 2 aromatic carbocycles. The molecule has 3 rings (SSSR count). The van der Waals surface area contributed by atoms with Crippen LogP contribution < -0.4 is 0 Å². The van der Waals surface area contributed by atoms with E-state index in [9.17, 15) is 5.11 Å². The van der Waals surface area contributed by atoms with Crippen LogP contribution >= 0.6 is 11.6 Å². The lowest BCUT2D eigenvalue weighted by Crippen LogP contribution is -2.30. The van der Waals surface area contributed by atoms with E-state index in [0.29, 0.717) is 16.3 Å². The molecule has 21 heavy (non-hydrogen) atoms. The summed E-state index contributed by atoms with van der Waals surface area (Å²) in [5.74, 6) is 0. The van der Waals surface area contributed by atoms with Gasteiger partial charge in [0.25, 0.3) is 0 Å². The molecule has 0 aliphatic heterocycles. The minimum absolute atomic E-state index is 0.509. The molecule has 0 saturated carbocycles. The van der Waals surface area contributed by atoms with Gasteiger partial charge in [0.15, 0.2) is 5.60 Å². The number of aliphatic hydroxyl groups is 1. The SMILES string of the molecule is OC(c1ccccc1)(c1ccccn1)c1ccccc1Cl. The third-order valence-electron chi connectivity index (χ3n) is 3.49. The van der Waals surface area contributed by atoms with Crippen LogP contribution in [0.4, 0.5) is 0 Å². The van der Waals surface area contributed by atoms with Gasteiger partial charge in [0.05, 0.1) is 5.69 Å². The summed E-state index contributed by atoms with van der Waals surface area (Å²) in [6.07, 6.45) is 1.67. The summed E-state index contributed by atoms with van der Waals surface area (Å²) in [5.41, 5.74) is 0.526. The summed E-state index contributed by atoms with van der Waals surface area (Å²) < 4.78 is 0. The molecule has 0 radical (unpaired) electrons. The average molecular weight is 296 g/mol. The summed E-state index contributed by atoms with van der Waals surface area (Å²) in [6.45, 7) is 0. The zero-order valence-corrected chi connectivity index (χ0v) is 12.0. The van der Waals surface area contributed by atoms with Gasteiger partial charge in [-0.1, -0.05) is 66.2 Å². The number of pyridine rings is 1. The quantitative estimate of drug-likeness (QED) is 0.792. The number of halogens is 1. The fourth-order valence-corrected chi connectivity index (χ4v) is 2.72. The van der Waals surface area contributed by atoms with E-state index in [1.807, 2.05) is 60.7 Å². The first-order valence-electron chi connectivity index (χ1n) is 6.67. The van der Waals surface area contributed by atoms with E-state index >= 15 is 0 Å². The summed E-state index contributed by atoms with van der Waals surface area (Å²) in [4.78, 5) is 4.34. The Morgan fingerprint density at radius 3 is 2.14 bits per heavy atom. The van der Waals surface area contributed by atoms with E-state index in [-0.39, 0.29) is 0 Å². The standard InChI is InChI=1S/C18H14ClNO/c19-16-11-5-4-10-15(16)18(21,14-8-2-1-3-9-14)17-12-6-7-13-20-17/h1-13,21H. The monoisotopic (exact) mass is 295 g/mol. The number of nitrogens with zero attached hydrogens (tertiary/aromatic N) is 1. The predicted octanol–water partition coefficient (Wildman–Crippen LogP) is 4.02. The van der Waals surface area contributed by atoms with Crippen LogP contribution in [-0.2, 0) is 5.60 Å². The molecule has 0 saturated heterocycles.